The van der Waals surface area contributed by atoms with Gasteiger partial charge in [-0.3, -0.25) is 4.79 Å². The van der Waals surface area contributed by atoms with Gasteiger partial charge in [-0.05, 0) is 6.42 Å². The van der Waals surface area contributed by atoms with Gasteiger partial charge < -0.3 is 4.90 Å². The van der Waals surface area contributed by atoms with E-state index in [0.29, 0.717) is 25.1 Å². The van der Waals surface area contributed by atoms with E-state index in [9.17, 15) is 9.18 Å². The summed E-state index contributed by atoms with van der Waals surface area (Å²) >= 11 is 5.74. The normalized spacial score (nSPS) is 20.7. The van der Waals surface area contributed by atoms with Crippen molar-refractivity contribution < 1.29 is 9.18 Å². The third-order valence-corrected chi connectivity index (χ3v) is 2.66. The summed E-state index contributed by atoms with van der Waals surface area (Å²) in [6.07, 6.45) is 1.47. The third kappa shape index (κ3) is 1.92. The zero-order valence-corrected chi connectivity index (χ0v) is 8.62. The van der Waals surface area contributed by atoms with Gasteiger partial charge >= 0.3 is 0 Å². The molecule has 4 nitrogen and oxygen atoms in total. The molecule has 1 aromatic heterocycles. The molecule has 0 saturated carbocycles. The Balaban J connectivity index is 2.35. The van der Waals surface area contributed by atoms with Crippen molar-refractivity contribution in [1.82, 2.24) is 9.97 Å². The number of anilines is 1. The van der Waals surface area contributed by atoms with Crippen LogP contribution in [0.3, 0.4) is 0 Å². The molecule has 2 rings (SSSR count). The van der Waals surface area contributed by atoms with E-state index in [1.807, 2.05) is 0 Å². The molecule has 0 bridgehead atoms. The average molecular weight is 230 g/mol. The van der Waals surface area contributed by atoms with Gasteiger partial charge in [-0.2, -0.15) is 0 Å². The van der Waals surface area contributed by atoms with Crippen LogP contribution in [0.15, 0.2) is 6.33 Å². The van der Waals surface area contributed by atoms with Gasteiger partial charge in [-0.25, -0.2) is 14.4 Å². The number of hydrogen-bond donors (Lipinski definition) is 0. The highest BCUT2D eigenvalue weighted by molar-refractivity contribution is 6.32. The van der Waals surface area contributed by atoms with Crippen LogP contribution >= 0.6 is 11.6 Å². The Kier molecular flexibility index (Phi) is 2.81. The Morgan fingerprint density at radius 3 is 3.00 bits per heavy atom. The van der Waals surface area contributed by atoms with Crippen molar-refractivity contribution in [1.29, 1.82) is 0 Å². The Bertz CT molecular complexity index is 388. The van der Waals surface area contributed by atoms with Crippen molar-refractivity contribution >= 4 is 23.7 Å². The van der Waals surface area contributed by atoms with E-state index in [2.05, 4.69) is 9.97 Å². The third-order valence-electron chi connectivity index (χ3n) is 2.36. The van der Waals surface area contributed by atoms with Crippen LogP contribution in [0, 0.1) is 0 Å². The smallest absolute Gasteiger partial charge is 0.156 e. The molecule has 1 aromatic rings. The van der Waals surface area contributed by atoms with Crippen molar-refractivity contribution in [3.05, 3.63) is 17.0 Å². The largest absolute Gasteiger partial charge is 0.353 e. The standard InChI is InChI=1S/C9H9ClFN3O/c10-8-7(4-15)9(13-5-12-8)14-2-1-6(11)3-14/h4-6H,1-3H2. The summed E-state index contributed by atoms with van der Waals surface area (Å²) in [6.45, 7) is 0.809. The quantitative estimate of drug-likeness (QED) is 0.570. The molecule has 0 aliphatic carbocycles. The minimum absolute atomic E-state index is 0.109. The molecule has 0 N–H and O–H groups in total. The lowest BCUT2D eigenvalue weighted by atomic mass is 10.3. The van der Waals surface area contributed by atoms with E-state index in [0.717, 1.165) is 0 Å². The van der Waals surface area contributed by atoms with Crippen molar-refractivity contribution in [2.45, 2.75) is 12.6 Å². The molecule has 15 heavy (non-hydrogen) atoms. The summed E-state index contributed by atoms with van der Waals surface area (Å²) in [5.41, 5.74) is 0.230. The van der Waals surface area contributed by atoms with Crippen LogP contribution < -0.4 is 4.90 Å². The number of carbonyl (C=O) groups is 1. The van der Waals surface area contributed by atoms with Gasteiger partial charge in [0.25, 0.3) is 0 Å². The molecule has 1 unspecified atom stereocenters. The number of aldehydes is 1. The lowest BCUT2D eigenvalue weighted by molar-refractivity contribution is 0.112. The molecule has 1 aliphatic rings. The van der Waals surface area contributed by atoms with Crippen LogP contribution in [0.1, 0.15) is 16.8 Å². The van der Waals surface area contributed by atoms with E-state index in [4.69, 9.17) is 11.6 Å². The average Bonchev–Trinajstić information content (AvgIpc) is 2.64. The summed E-state index contributed by atoms with van der Waals surface area (Å²) < 4.78 is 13.0. The number of rotatable bonds is 2. The molecule has 0 spiro atoms. The zero-order valence-electron chi connectivity index (χ0n) is 7.86. The molecule has 6 heteroatoms. The summed E-state index contributed by atoms with van der Waals surface area (Å²) in [5, 5.41) is 0.109. The van der Waals surface area contributed by atoms with Crippen LogP contribution in [0.4, 0.5) is 10.2 Å². The number of aromatic nitrogens is 2. The first-order valence-electron chi connectivity index (χ1n) is 4.57. The minimum atomic E-state index is -0.863. The fourth-order valence-corrected chi connectivity index (χ4v) is 1.80. The molecule has 0 radical (unpaired) electrons. The highest BCUT2D eigenvalue weighted by atomic mass is 35.5. The van der Waals surface area contributed by atoms with Gasteiger partial charge in [0.1, 0.15) is 23.5 Å². The molecule has 1 saturated heterocycles. The summed E-state index contributed by atoms with van der Waals surface area (Å²) in [7, 11) is 0. The minimum Gasteiger partial charge on any atom is -0.353 e. The lowest BCUT2D eigenvalue weighted by Gasteiger charge is -2.17. The topological polar surface area (TPSA) is 46.1 Å². The van der Waals surface area contributed by atoms with Crippen molar-refractivity contribution in [3.8, 4) is 0 Å². The maximum absolute atomic E-state index is 13.0. The predicted octanol–water partition coefficient (Wildman–Crippen LogP) is 1.49. The fourth-order valence-electron chi connectivity index (χ4n) is 1.63. The Hall–Kier alpha value is -1.23. The van der Waals surface area contributed by atoms with E-state index in [1.165, 1.54) is 6.33 Å². The Morgan fingerprint density at radius 2 is 2.40 bits per heavy atom. The first-order valence-corrected chi connectivity index (χ1v) is 4.95. The van der Waals surface area contributed by atoms with Gasteiger partial charge in [-0.15, -0.1) is 0 Å². The summed E-state index contributed by atoms with van der Waals surface area (Å²) in [5.74, 6) is 0.421. The monoisotopic (exact) mass is 229 g/mol. The lowest BCUT2D eigenvalue weighted by Crippen LogP contribution is -2.22. The van der Waals surface area contributed by atoms with E-state index in [1.54, 1.807) is 4.90 Å². The first kappa shape index (κ1) is 10.3. The van der Waals surface area contributed by atoms with Gasteiger partial charge in [-0.1, -0.05) is 11.6 Å². The van der Waals surface area contributed by atoms with Crippen LogP contribution in [0.25, 0.3) is 0 Å². The van der Waals surface area contributed by atoms with Crippen molar-refractivity contribution in [3.63, 3.8) is 0 Å². The Morgan fingerprint density at radius 1 is 1.60 bits per heavy atom. The molecule has 2 heterocycles. The number of hydrogen-bond acceptors (Lipinski definition) is 4. The van der Waals surface area contributed by atoms with Crippen molar-refractivity contribution in [2.24, 2.45) is 0 Å². The van der Waals surface area contributed by atoms with Gasteiger partial charge in [0.15, 0.2) is 6.29 Å². The second kappa shape index (κ2) is 4.10. The van der Waals surface area contributed by atoms with Gasteiger partial charge in [0, 0.05) is 6.54 Å². The van der Waals surface area contributed by atoms with Crippen LogP contribution in [0.2, 0.25) is 5.15 Å². The molecule has 1 atom stereocenters. The predicted molar refractivity (Wildman–Crippen MR) is 54.2 cm³/mol. The fraction of sp³-hybridized carbons (Fsp3) is 0.444. The first-order chi connectivity index (χ1) is 7.22. The number of alkyl halides is 1. The molecule has 0 aromatic carbocycles. The molecule has 1 fully saturated rings. The molecule has 0 amide bonds. The van der Waals surface area contributed by atoms with Crippen LogP contribution in [-0.4, -0.2) is 35.5 Å². The van der Waals surface area contributed by atoms with E-state index >= 15 is 0 Å². The van der Waals surface area contributed by atoms with Crippen molar-refractivity contribution in [2.75, 3.05) is 18.0 Å². The van der Waals surface area contributed by atoms with Crippen LogP contribution in [-0.2, 0) is 0 Å². The van der Waals surface area contributed by atoms with Gasteiger partial charge in [0.05, 0.1) is 12.1 Å². The molecule has 80 valence electrons. The number of halogens is 2. The molecule has 1 aliphatic heterocycles. The number of nitrogens with zero attached hydrogens (tertiary/aromatic N) is 3. The zero-order chi connectivity index (χ0) is 10.8. The summed E-state index contributed by atoms with van der Waals surface area (Å²) in [4.78, 5) is 20.2. The van der Waals surface area contributed by atoms with Gasteiger partial charge in [0.2, 0.25) is 0 Å². The molecular formula is C9H9ClFN3O. The molecular weight excluding hydrogens is 221 g/mol. The van der Waals surface area contributed by atoms with E-state index < -0.39 is 6.17 Å². The summed E-state index contributed by atoms with van der Waals surface area (Å²) in [6, 6.07) is 0. The highest BCUT2D eigenvalue weighted by Gasteiger charge is 2.25. The maximum atomic E-state index is 13.0. The second-order valence-electron chi connectivity index (χ2n) is 3.35. The highest BCUT2D eigenvalue weighted by Crippen LogP contribution is 2.25. The van der Waals surface area contributed by atoms with E-state index in [-0.39, 0.29) is 17.3 Å². The second-order valence-corrected chi connectivity index (χ2v) is 3.71. The Labute approximate surface area is 91.1 Å². The number of carbonyl (C=O) groups excluding carboxylic acids is 1. The SMILES string of the molecule is O=Cc1c(Cl)ncnc1N1CCC(F)C1. The van der Waals surface area contributed by atoms with Crippen LogP contribution in [0.5, 0.6) is 0 Å². The maximum Gasteiger partial charge on any atom is 0.156 e.